The number of carbonyl (C=O) groups is 1. The van der Waals surface area contributed by atoms with E-state index in [4.69, 9.17) is 9.47 Å². The fourth-order valence-electron chi connectivity index (χ4n) is 2.09. The highest BCUT2D eigenvalue weighted by atomic mass is 16.6. The molecule has 1 amide bonds. The number of non-ortho nitro benzene ring substituents is 1. The van der Waals surface area contributed by atoms with Crippen LogP contribution >= 0.6 is 0 Å². The molecule has 0 heterocycles. The Hall–Kier alpha value is -2.93. The van der Waals surface area contributed by atoms with E-state index < -0.39 is 4.92 Å². The number of nitrogens with zero attached hydrogens (tertiary/aromatic N) is 1. The molecule has 0 radical (unpaired) electrons. The van der Waals surface area contributed by atoms with Gasteiger partial charge in [0.25, 0.3) is 11.6 Å². The lowest BCUT2D eigenvalue weighted by atomic mass is 10.1. The van der Waals surface area contributed by atoms with E-state index in [1.807, 2.05) is 0 Å². The van der Waals surface area contributed by atoms with Gasteiger partial charge in [-0.15, -0.1) is 0 Å². The van der Waals surface area contributed by atoms with Crippen molar-refractivity contribution in [3.05, 3.63) is 63.7 Å². The van der Waals surface area contributed by atoms with Crippen LogP contribution in [0.15, 0.2) is 42.5 Å². The molecule has 2 rings (SSSR count). The van der Waals surface area contributed by atoms with Crippen molar-refractivity contribution in [3.8, 4) is 5.75 Å². The van der Waals surface area contributed by atoms with Crippen molar-refractivity contribution in [2.75, 3.05) is 19.5 Å². The summed E-state index contributed by atoms with van der Waals surface area (Å²) in [7, 11) is 3.09. The summed E-state index contributed by atoms with van der Waals surface area (Å²) in [5.41, 5.74) is 1.41. The highest BCUT2D eigenvalue weighted by Gasteiger charge is 2.12. The molecule has 0 atom stereocenters. The Labute approximate surface area is 133 Å². The first kappa shape index (κ1) is 16.4. The molecule has 0 bridgehead atoms. The van der Waals surface area contributed by atoms with Crippen LogP contribution in [0.4, 0.5) is 11.4 Å². The van der Waals surface area contributed by atoms with Gasteiger partial charge in [0.1, 0.15) is 5.75 Å². The SMILES string of the molecule is COCc1cc(C(=O)Nc2cccc([N+](=O)[O-])c2)ccc1OC. The molecule has 0 aromatic heterocycles. The van der Waals surface area contributed by atoms with Crippen molar-refractivity contribution < 1.29 is 19.2 Å². The lowest BCUT2D eigenvalue weighted by molar-refractivity contribution is -0.384. The molecule has 0 spiro atoms. The fourth-order valence-corrected chi connectivity index (χ4v) is 2.09. The number of benzene rings is 2. The first-order valence-electron chi connectivity index (χ1n) is 6.77. The Morgan fingerprint density at radius 2 is 2.00 bits per heavy atom. The number of nitro benzene ring substituents is 1. The quantitative estimate of drug-likeness (QED) is 0.653. The van der Waals surface area contributed by atoms with Crippen LogP contribution in [0.5, 0.6) is 5.75 Å². The van der Waals surface area contributed by atoms with Crippen LogP contribution in [0.25, 0.3) is 0 Å². The van der Waals surface area contributed by atoms with Gasteiger partial charge in [-0.1, -0.05) is 6.07 Å². The first-order valence-corrected chi connectivity index (χ1v) is 6.77. The monoisotopic (exact) mass is 316 g/mol. The van der Waals surface area contributed by atoms with Crippen LogP contribution in [0.1, 0.15) is 15.9 Å². The van der Waals surface area contributed by atoms with Gasteiger partial charge < -0.3 is 14.8 Å². The van der Waals surface area contributed by atoms with E-state index in [0.29, 0.717) is 23.6 Å². The third-order valence-corrected chi connectivity index (χ3v) is 3.16. The van der Waals surface area contributed by atoms with E-state index in [2.05, 4.69) is 5.32 Å². The lowest BCUT2D eigenvalue weighted by Gasteiger charge is -2.10. The smallest absolute Gasteiger partial charge is 0.271 e. The van der Waals surface area contributed by atoms with Gasteiger partial charge in [-0.05, 0) is 24.3 Å². The van der Waals surface area contributed by atoms with E-state index in [-0.39, 0.29) is 11.6 Å². The summed E-state index contributed by atoms with van der Waals surface area (Å²) in [6.45, 7) is 0.307. The van der Waals surface area contributed by atoms with Crippen molar-refractivity contribution >= 4 is 17.3 Å². The molecule has 23 heavy (non-hydrogen) atoms. The number of methoxy groups -OCH3 is 2. The number of nitro groups is 1. The van der Waals surface area contributed by atoms with Crippen molar-refractivity contribution in [2.24, 2.45) is 0 Å². The molecule has 0 aliphatic carbocycles. The minimum atomic E-state index is -0.514. The summed E-state index contributed by atoms with van der Waals surface area (Å²) in [5.74, 6) is 0.254. The van der Waals surface area contributed by atoms with Gasteiger partial charge in [-0.25, -0.2) is 0 Å². The predicted molar refractivity (Wildman–Crippen MR) is 84.8 cm³/mol. The largest absolute Gasteiger partial charge is 0.496 e. The molecule has 0 saturated carbocycles. The molecule has 1 N–H and O–H groups in total. The normalized spacial score (nSPS) is 10.2. The summed E-state index contributed by atoms with van der Waals surface area (Å²) in [5, 5.41) is 13.4. The summed E-state index contributed by atoms with van der Waals surface area (Å²) >= 11 is 0. The summed E-state index contributed by atoms with van der Waals surface area (Å²) in [6, 6.07) is 10.7. The van der Waals surface area contributed by atoms with Crippen LogP contribution in [-0.2, 0) is 11.3 Å². The number of rotatable bonds is 6. The van der Waals surface area contributed by atoms with Crippen molar-refractivity contribution in [1.29, 1.82) is 0 Å². The van der Waals surface area contributed by atoms with Gasteiger partial charge in [-0.3, -0.25) is 14.9 Å². The maximum Gasteiger partial charge on any atom is 0.271 e. The Kier molecular flexibility index (Phi) is 5.27. The van der Waals surface area contributed by atoms with Crippen LogP contribution in [-0.4, -0.2) is 25.1 Å². The molecule has 2 aromatic carbocycles. The standard InChI is InChI=1S/C16H16N2O5/c1-22-10-12-8-11(6-7-15(12)23-2)16(19)17-13-4-3-5-14(9-13)18(20)21/h3-9H,10H2,1-2H3,(H,17,19). The van der Waals surface area contributed by atoms with Crippen molar-refractivity contribution in [3.63, 3.8) is 0 Å². The predicted octanol–water partition coefficient (Wildman–Crippen LogP) is 3.00. The van der Waals surface area contributed by atoms with Crippen molar-refractivity contribution in [1.82, 2.24) is 0 Å². The summed E-state index contributed by atoms with van der Waals surface area (Å²) < 4.78 is 10.3. The fraction of sp³-hybridized carbons (Fsp3) is 0.188. The number of anilines is 1. The molecule has 0 fully saturated rings. The molecule has 120 valence electrons. The third-order valence-electron chi connectivity index (χ3n) is 3.16. The highest BCUT2D eigenvalue weighted by molar-refractivity contribution is 6.04. The number of amides is 1. The van der Waals surface area contributed by atoms with E-state index in [0.717, 1.165) is 5.56 Å². The molecule has 0 aliphatic rings. The Morgan fingerprint density at radius 1 is 1.22 bits per heavy atom. The van der Waals surface area contributed by atoms with Crippen molar-refractivity contribution in [2.45, 2.75) is 6.61 Å². The number of hydrogen-bond donors (Lipinski definition) is 1. The van der Waals surface area contributed by atoms with Gasteiger partial charge in [-0.2, -0.15) is 0 Å². The van der Waals surface area contributed by atoms with Gasteiger partial charge in [0, 0.05) is 36.1 Å². The van der Waals surface area contributed by atoms with Crippen LogP contribution in [0.2, 0.25) is 0 Å². The summed E-state index contributed by atoms with van der Waals surface area (Å²) in [4.78, 5) is 22.5. The number of carbonyl (C=O) groups excluding carboxylic acids is 1. The minimum Gasteiger partial charge on any atom is -0.496 e. The maximum absolute atomic E-state index is 12.3. The van der Waals surface area contributed by atoms with Crippen LogP contribution in [0.3, 0.4) is 0 Å². The van der Waals surface area contributed by atoms with E-state index in [1.54, 1.807) is 31.4 Å². The second kappa shape index (κ2) is 7.37. The molecular weight excluding hydrogens is 300 g/mol. The van der Waals surface area contributed by atoms with Gasteiger partial charge in [0.15, 0.2) is 0 Å². The lowest BCUT2D eigenvalue weighted by Crippen LogP contribution is -2.12. The molecule has 0 saturated heterocycles. The molecular formula is C16H16N2O5. The zero-order valence-corrected chi connectivity index (χ0v) is 12.7. The van der Waals surface area contributed by atoms with E-state index in [1.165, 1.54) is 25.3 Å². The average molecular weight is 316 g/mol. The number of ether oxygens (including phenoxy) is 2. The van der Waals surface area contributed by atoms with Gasteiger partial charge in [0.2, 0.25) is 0 Å². The van der Waals surface area contributed by atoms with E-state index in [9.17, 15) is 14.9 Å². The number of hydrogen-bond acceptors (Lipinski definition) is 5. The molecule has 7 nitrogen and oxygen atoms in total. The Bertz CT molecular complexity index is 730. The Morgan fingerprint density at radius 3 is 2.65 bits per heavy atom. The van der Waals surface area contributed by atoms with Crippen LogP contribution < -0.4 is 10.1 Å². The Balaban J connectivity index is 2.22. The second-order valence-electron chi connectivity index (χ2n) is 4.72. The number of nitrogens with one attached hydrogen (secondary N) is 1. The zero-order chi connectivity index (χ0) is 16.8. The van der Waals surface area contributed by atoms with Gasteiger partial charge in [0.05, 0.1) is 18.6 Å². The second-order valence-corrected chi connectivity index (χ2v) is 4.72. The molecule has 0 unspecified atom stereocenters. The highest BCUT2D eigenvalue weighted by Crippen LogP contribution is 2.22. The first-order chi connectivity index (χ1) is 11.0. The van der Waals surface area contributed by atoms with E-state index >= 15 is 0 Å². The zero-order valence-electron chi connectivity index (χ0n) is 12.7. The molecule has 0 aliphatic heterocycles. The summed E-state index contributed by atoms with van der Waals surface area (Å²) in [6.07, 6.45) is 0. The topological polar surface area (TPSA) is 90.7 Å². The van der Waals surface area contributed by atoms with Crippen LogP contribution in [0, 0.1) is 10.1 Å². The third kappa shape index (κ3) is 4.04. The molecule has 2 aromatic rings. The van der Waals surface area contributed by atoms with Gasteiger partial charge >= 0.3 is 0 Å². The average Bonchev–Trinajstić information content (AvgIpc) is 2.55. The minimum absolute atomic E-state index is 0.0856. The molecule has 7 heteroatoms. The maximum atomic E-state index is 12.3.